The first-order valence-corrected chi connectivity index (χ1v) is 14.0. The van der Waals surface area contributed by atoms with Gasteiger partial charge in [0.15, 0.2) is 5.60 Å². The first-order valence-electron chi connectivity index (χ1n) is 14.0. The van der Waals surface area contributed by atoms with Crippen LogP contribution in [0.2, 0.25) is 0 Å². The van der Waals surface area contributed by atoms with Crippen LogP contribution in [0.5, 0.6) is 11.5 Å². The van der Waals surface area contributed by atoms with Crippen LogP contribution in [0.4, 0.5) is 11.4 Å². The zero-order valence-corrected chi connectivity index (χ0v) is 22.8. The van der Waals surface area contributed by atoms with E-state index in [1.165, 1.54) is 11.1 Å². The topological polar surface area (TPSA) is 50.8 Å². The van der Waals surface area contributed by atoms with Crippen LogP contribution in [0.3, 0.4) is 0 Å². The van der Waals surface area contributed by atoms with Crippen molar-refractivity contribution in [2.24, 2.45) is 0 Å². The predicted octanol–water partition coefficient (Wildman–Crippen LogP) is 7.89. The quantitative estimate of drug-likeness (QED) is 0.214. The lowest BCUT2D eigenvalue weighted by molar-refractivity contribution is 0.0225. The van der Waals surface area contributed by atoms with E-state index in [1.54, 1.807) is 0 Å². The number of hydrogen-bond donors (Lipinski definition) is 1. The van der Waals surface area contributed by atoms with Crippen molar-refractivity contribution in [1.82, 2.24) is 0 Å². The molecule has 2 aliphatic heterocycles. The smallest absolute Gasteiger partial charge is 0.342 e. The summed E-state index contributed by atoms with van der Waals surface area (Å²) in [5, 5.41) is 3.42. The number of para-hydroxylation sites is 2. The SMILES string of the molecule is CCNc1ccc(N(Cc2ccccc2)Cc2ccccc2)c2c1C(=O)OC21c2ccccc2Oc2ccccc21. The number of rotatable bonds is 7. The van der Waals surface area contributed by atoms with E-state index in [1.807, 2.05) is 73.7 Å². The van der Waals surface area contributed by atoms with Crippen LogP contribution >= 0.6 is 0 Å². The van der Waals surface area contributed by atoms with Gasteiger partial charge >= 0.3 is 5.97 Å². The van der Waals surface area contributed by atoms with Crippen molar-refractivity contribution in [2.45, 2.75) is 25.6 Å². The average molecular weight is 539 g/mol. The Bertz CT molecular complexity index is 1650. The van der Waals surface area contributed by atoms with E-state index in [4.69, 9.17) is 9.47 Å². The van der Waals surface area contributed by atoms with Gasteiger partial charge in [0, 0.05) is 47.7 Å². The highest BCUT2D eigenvalue weighted by atomic mass is 16.6. The monoisotopic (exact) mass is 538 g/mol. The number of anilines is 2. The summed E-state index contributed by atoms with van der Waals surface area (Å²) in [5.41, 5.74) is 5.98. The summed E-state index contributed by atoms with van der Waals surface area (Å²) in [6, 6.07) is 40.8. The molecule has 0 amide bonds. The van der Waals surface area contributed by atoms with Crippen LogP contribution < -0.4 is 15.0 Å². The minimum atomic E-state index is -1.16. The molecular weight excluding hydrogens is 508 g/mol. The molecule has 0 unspecified atom stereocenters. The van der Waals surface area contributed by atoms with Crippen molar-refractivity contribution in [3.05, 3.63) is 155 Å². The van der Waals surface area contributed by atoms with Crippen molar-refractivity contribution in [3.8, 4) is 11.5 Å². The van der Waals surface area contributed by atoms with Crippen molar-refractivity contribution < 1.29 is 14.3 Å². The molecule has 2 heterocycles. The number of nitrogens with zero attached hydrogens (tertiary/aromatic N) is 1. The molecule has 5 nitrogen and oxygen atoms in total. The second-order valence-electron chi connectivity index (χ2n) is 10.4. The van der Waals surface area contributed by atoms with Crippen LogP contribution in [-0.2, 0) is 23.4 Å². The largest absolute Gasteiger partial charge is 0.456 e. The van der Waals surface area contributed by atoms with Gasteiger partial charge in [-0.1, -0.05) is 97.1 Å². The summed E-state index contributed by atoms with van der Waals surface area (Å²) >= 11 is 0. The van der Waals surface area contributed by atoms with E-state index in [0.29, 0.717) is 36.7 Å². The standard InChI is InChI=1S/C36H30N2O3/c1-2-37-29-21-22-30(38(23-25-13-5-3-6-14-25)24-26-15-7-4-8-16-26)34-33(29)35(39)41-36(34)27-17-9-11-19-31(27)40-32-20-12-10-18-28(32)36/h3-22,37H,2,23-24H2,1H3. The Morgan fingerprint density at radius 2 is 1.22 bits per heavy atom. The van der Waals surface area contributed by atoms with Crippen LogP contribution in [0, 0.1) is 0 Å². The van der Waals surface area contributed by atoms with E-state index in [2.05, 4.69) is 64.8 Å². The molecule has 0 fully saturated rings. The van der Waals surface area contributed by atoms with Gasteiger partial charge in [0.25, 0.3) is 0 Å². The lowest BCUT2D eigenvalue weighted by Gasteiger charge is -2.39. The number of benzene rings is 5. The number of esters is 1. The second kappa shape index (κ2) is 10.2. The molecule has 202 valence electrons. The minimum Gasteiger partial charge on any atom is -0.456 e. The average Bonchev–Trinajstić information content (AvgIpc) is 3.32. The zero-order chi connectivity index (χ0) is 27.8. The Hall–Kier alpha value is -5.03. The normalized spacial score (nSPS) is 13.9. The molecular formula is C36H30N2O3. The van der Waals surface area contributed by atoms with Gasteiger partial charge in [0.05, 0.1) is 5.56 Å². The molecule has 1 spiro atoms. The fourth-order valence-electron chi connectivity index (χ4n) is 6.17. The number of carbonyl (C=O) groups excluding carboxylic acids is 1. The van der Waals surface area contributed by atoms with Crippen molar-refractivity contribution in [3.63, 3.8) is 0 Å². The lowest BCUT2D eigenvalue weighted by atomic mass is 9.76. The highest BCUT2D eigenvalue weighted by Gasteiger charge is 2.56. The van der Waals surface area contributed by atoms with Gasteiger partial charge in [-0.25, -0.2) is 4.79 Å². The first kappa shape index (κ1) is 25.0. The Labute approximate surface area is 240 Å². The molecule has 41 heavy (non-hydrogen) atoms. The number of ether oxygens (including phenoxy) is 2. The molecule has 1 N–H and O–H groups in total. The van der Waals surface area contributed by atoms with Crippen LogP contribution in [0.25, 0.3) is 0 Å². The molecule has 5 aromatic rings. The Kier molecular flexibility index (Phi) is 6.20. The fraction of sp³-hybridized carbons (Fsp3) is 0.139. The summed E-state index contributed by atoms with van der Waals surface area (Å²) < 4.78 is 13.0. The Morgan fingerprint density at radius 3 is 1.78 bits per heavy atom. The third-order valence-electron chi connectivity index (χ3n) is 7.88. The van der Waals surface area contributed by atoms with Gasteiger partial charge in [-0.15, -0.1) is 0 Å². The van der Waals surface area contributed by atoms with Gasteiger partial charge in [-0.3, -0.25) is 0 Å². The molecule has 5 heteroatoms. The molecule has 7 rings (SSSR count). The Morgan fingerprint density at radius 1 is 0.683 bits per heavy atom. The summed E-state index contributed by atoms with van der Waals surface area (Å²) in [6.45, 7) is 4.03. The lowest BCUT2D eigenvalue weighted by Crippen LogP contribution is -2.35. The molecule has 0 bridgehead atoms. The highest BCUT2D eigenvalue weighted by Crippen LogP contribution is 2.59. The van der Waals surface area contributed by atoms with Crippen LogP contribution in [0.1, 0.15) is 45.1 Å². The fourth-order valence-corrected chi connectivity index (χ4v) is 6.17. The van der Waals surface area contributed by atoms with E-state index >= 15 is 0 Å². The summed E-state index contributed by atoms with van der Waals surface area (Å²) in [5.74, 6) is 1.03. The van der Waals surface area contributed by atoms with Crippen molar-refractivity contribution >= 4 is 17.3 Å². The zero-order valence-electron chi connectivity index (χ0n) is 22.8. The summed E-state index contributed by atoms with van der Waals surface area (Å²) in [7, 11) is 0. The molecule has 0 atom stereocenters. The van der Waals surface area contributed by atoms with Gasteiger partial charge in [0.2, 0.25) is 0 Å². The molecule has 5 aromatic carbocycles. The molecule has 0 aliphatic carbocycles. The molecule has 0 saturated carbocycles. The van der Waals surface area contributed by atoms with Crippen molar-refractivity contribution in [1.29, 1.82) is 0 Å². The predicted molar refractivity (Wildman–Crippen MR) is 162 cm³/mol. The first-order chi connectivity index (χ1) is 20.2. The second-order valence-corrected chi connectivity index (χ2v) is 10.4. The number of hydrogen-bond acceptors (Lipinski definition) is 5. The molecule has 0 radical (unpaired) electrons. The van der Waals surface area contributed by atoms with E-state index in [-0.39, 0.29) is 5.97 Å². The van der Waals surface area contributed by atoms with E-state index < -0.39 is 5.60 Å². The molecule has 0 aromatic heterocycles. The third-order valence-corrected chi connectivity index (χ3v) is 7.88. The molecule has 2 aliphatic rings. The number of nitrogens with one attached hydrogen (secondary N) is 1. The van der Waals surface area contributed by atoms with Gasteiger partial charge in [0.1, 0.15) is 11.5 Å². The van der Waals surface area contributed by atoms with E-state index in [0.717, 1.165) is 28.1 Å². The highest BCUT2D eigenvalue weighted by molar-refractivity contribution is 6.04. The Balaban J connectivity index is 1.52. The summed E-state index contributed by atoms with van der Waals surface area (Å²) in [6.07, 6.45) is 0. The minimum absolute atomic E-state index is 0.344. The maximum Gasteiger partial charge on any atom is 0.342 e. The van der Waals surface area contributed by atoms with Crippen LogP contribution in [0.15, 0.2) is 121 Å². The maximum atomic E-state index is 14.0. The summed E-state index contributed by atoms with van der Waals surface area (Å²) in [4.78, 5) is 16.4. The van der Waals surface area contributed by atoms with E-state index in [9.17, 15) is 4.79 Å². The third kappa shape index (κ3) is 4.13. The maximum absolute atomic E-state index is 14.0. The van der Waals surface area contributed by atoms with Gasteiger partial charge in [-0.05, 0) is 42.3 Å². The number of carbonyl (C=O) groups is 1. The van der Waals surface area contributed by atoms with Crippen molar-refractivity contribution in [2.75, 3.05) is 16.8 Å². The van der Waals surface area contributed by atoms with Gasteiger partial charge < -0.3 is 19.7 Å². The number of fused-ring (bicyclic) bond motifs is 6. The van der Waals surface area contributed by atoms with Crippen LogP contribution in [-0.4, -0.2) is 12.5 Å². The van der Waals surface area contributed by atoms with Gasteiger partial charge in [-0.2, -0.15) is 0 Å². The molecule has 0 saturated heterocycles.